The number of benzene rings is 2. The van der Waals surface area contributed by atoms with Gasteiger partial charge in [0.1, 0.15) is 0 Å². The molecular formula is C15H17N3. The van der Waals surface area contributed by atoms with Crippen LogP contribution in [0.15, 0.2) is 41.4 Å². The van der Waals surface area contributed by atoms with E-state index in [1.54, 1.807) is 0 Å². The summed E-state index contributed by atoms with van der Waals surface area (Å²) in [7, 11) is 0. The van der Waals surface area contributed by atoms with Crippen molar-refractivity contribution in [3.63, 3.8) is 0 Å². The first-order valence-electron chi connectivity index (χ1n) is 6.43. The van der Waals surface area contributed by atoms with E-state index >= 15 is 0 Å². The van der Waals surface area contributed by atoms with Gasteiger partial charge in [-0.15, -0.1) is 0 Å². The molecule has 92 valence electrons. The zero-order valence-electron chi connectivity index (χ0n) is 10.3. The van der Waals surface area contributed by atoms with E-state index in [1.807, 2.05) is 6.34 Å². The molecular weight excluding hydrogens is 222 g/mol. The Morgan fingerprint density at radius 3 is 2.72 bits per heavy atom. The molecule has 3 nitrogen and oxygen atoms in total. The summed E-state index contributed by atoms with van der Waals surface area (Å²) in [5, 5.41) is 2.51. The predicted molar refractivity (Wildman–Crippen MR) is 77.7 cm³/mol. The number of hydrogen-bond donors (Lipinski definition) is 1. The molecule has 0 amide bonds. The van der Waals surface area contributed by atoms with Crippen molar-refractivity contribution in [2.24, 2.45) is 10.7 Å². The van der Waals surface area contributed by atoms with Crippen molar-refractivity contribution < 1.29 is 0 Å². The number of anilines is 1. The molecule has 0 bridgehead atoms. The predicted octanol–water partition coefficient (Wildman–Crippen LogP) is 3.06. The molecule has 2 N–H and O–H groups in total. The molecule has 0 aliphatic carbocycles. The Hall–Kier alpha value is -1.87. The van der Waals surface area contributed by atoms with Gasteiger partial charge in [-0.05, 0) is 36.9 Å². The second-order valence-electron chi connectivity index (χ2n) is 4.59. The Labute approximate surface area is 107 Å². The SMILES string of the molecule is NCCCCN1C=Nc2cccc3cccc1c23. The van der Waals surface area contributed by atoms with Gasteiger partial charge >= 0.3 is 0 Å². The molecule has 1 aliphatic heterocycles. The van der Waals surface area contributed by atoms with Crippen molar-refractivity contribution in [3.05, 3.63) is 36.4 Å². The standard InChI is InChI=1S/C15H17N3/c16-9-1-2-10-18-11-17-13-7-3-5-12-6-4-8-14(18)15(12)13/h3-8,11H,1-2,9-10,16H2. The molecule has 0 spiro atoms. The first kappa shape index (κ1) is 11.2. The summed E-state index contributed by atoms with van der Waals surface area (Å²) in [5.41, 5.74) is 7.87. The highest BCUT2D eigenvalue weighted by molar-refractivity contribution is 6.09. The maximum absolute atomic E-state index is 5.55. The van der Waals surface area contributed by atoms with Crippen LogP contribution in [0.5, 0.6) is 0 Å². The second kappa shape index (κ2) is 4.78. The van der Waals surface area contributed by atoms with E-state index in [1.165, 1.54) is 16.5 Å². The highest BCUT2D eigenvalue weighted by atomic mass is 15.2. The Morgan fingerprint density at radius 1 is 1.06 bits per heavy atom. The van der Waals surface area contributed by atoms with E-state index < -0.39 is 0 Å². The van der Waals surface area contributed by atoms with Crippen molar-refractivity contribution >= 4 is 28.5 Å². The van der Waals surface area contributed by atoms with Crippen LogP contribution in [0.25, 0.3) is 10.8 Å². The summed E-state index contributed by atoms with van der Waals surface area (Å²) in [5.74, 6) is 0. The minimum absolute atomic E-state index is 0.756. The van der Waals surface area contributed by atoms with Crippen LogP contribution in [0.4, 0.5) is 11.4 Å². The van der Waals surface area contributed by atoms with E-state index in [0.717, 1.165) is 31.6 Å². The summed E-state index contributed by atoms with van der Waals surface area (Å²) >= 11 is 0. The summed E-state index contributed by atoms with van der Waals surface area (Å²) in [6.45, 7) is 1.74. The lowest BCUT2D eigenvalue weighted by Crippen LogP contribution is -2.24. The van der Waals surface area contributed by atoms with E-state index in [4.69, 9.17) is 5.73 Å². The Balaban J connectivity index is 1.99. The zero-order chi connectivity index (χ0) is 12.4. The molecule has 0 unspecified atom stereocenters. The van der Waals surface area contributed by atoms with Gasteiger partial charge in [0.05, 0.1) is 17.7 Å². The van der Waals surface area contributed by atoms with Gasteiger partial charge < -0.3 is 10.6 Å². The maximum atomic E-state index is 5.55. The molecule has 0 aromatic heterocycles. The first-order valence-corrected chi connectivity index (χ1v) is 6.43. The molecule has 0 fully saturated rings. The third kappa shape index (κ3) is 1.87. The van der Waals surface area contributed by atoms with Crippen LogP contribution >= 0.6 is 0 Å². The second-order valence-corrected chi connectivity index (χ2v) is 4.59. The van der Waals surface area contributed by atoms with E-state index in [9.17, 15) is 0 Å². The fourth-order valence-electron chi connectivity index (χ4n) is 2.45. The smallest absolute Gasteiger partial charge is 0.0957 e. The topological polar surface area (TPSA) is 41.6 Å². The lowest BCUT2D eigenvalue weighted by atomic mass is 10.0. The number of rotatable bonds is 4. The van der Waals surface area contributed by atoms with Crippen molar-refractivity contribution in [2.75, 3.05) is 18.0 Å². The zero-order valence-corrected chi connectivity index (χ0v) is 10.3. The number of aliphatic imine (C=N–C) groups is 1. The lowest BCUT2D eigenvalue weighted by molar-refractivity contribution is 0.751. The average molecular weight is 239 g/mol. The first-order chi connectivity index (χ1) is 8.90. The van der Waals surface area contributed by atoms with Gasteiger partial charge in [-0.25, -0.2) is 4.99 Å². The van der Waals surface area contributed by atoms with Crippen LogP contribution in [0.1, 0.15) is 12.8 Å². The minimum Gasteiger partial charge on any atom is -0.332 e. The highest BCUT2D eigenvalue weighted by Gasteiger charge is 2.14. The highest BCUT2D eigenvalue weighted by Crippen LogP contribution is 2.36. The van der Waals surface area contributed by atoms with E-state index in [2.05, 4.69) is 46.3 Å². The third-order valence-electron chi connectivity index (χ3n) is 3.36. The normalized spacial score (nSPS) is 13.3. The van der Waals surface area contributed by atoms with Crippen molar-refractivity contribution in [1.29, 1.82) is 0 Å². The van der Waals surface area contributed by atoms with Crippen LogP contribution in [-0.2, 0) is 0 Å². The number of nitrogens with two attached hydrogens (primary N) is 1. The van der Waals surface area contributed by atoms with E-state index in [0.29, 0.717) is 0 Å². The molecule has 3 rings (SSSR count). The van der Waals surface area contributed by atoms with Crippen LogP contribution < -0.4 is 10.6 Å². The fraction of sp³-hybridized carbons (Fsp3) is 0.267. The Morgan fingerprint density at radius 2 is 1.89 bits per heavy atom. The molecule has 1 heterocycles. The van der Waals surface area contributed by atoms with Crippen LogP contribution in [0, 0.1) is 0 Å². The third-order valence-corrected chi connectivity index (χ3v) is 3.36. The Kier molecular flexibility index (Phi) is 2.99. The summed E-state index contributed by atoms with van der Waals surface area (Å²) in [6, 6.07) is 12.7. The van der Waals surface area contributed by atoms with Crippen molar-refractivity contribution in [1.82, 2.24) is 0 Å². The van der Waals surface area contributed by atoms with Crippen LogP contribution in [-0.4, -0.2) is 19.4 Å². The number of nitrogens with zero attached hydrogens (tertiary/aromatic N) is 2. The quantitative estimate of drug-likeness (QED) is 0.833. The largest absolute Gasteiger partial charge is 0.332 e. The maximum Gasteiger partial charge on any atom is 0.0957 e. The van der Waals surface area contributed by atoms with Crippen molar-refractivity contribution in [3.8, 4) is 0 Å². The van der Waals surface area contributed by atoms with Gasteiger partial charge in [-0.3, -0.25) is 0 Å². The fourth-order valence-corrected chi connectivity index (χ4v) is 2.45. The molecule has 0 saturated carbocycles. The van der Waals surface area contributed by atoms with E-state index in [-0.39, 0.29) is 0 Å². The molecule has 3 heteroatoms. The summed E-state index contributed by atoms with van der Waals surface area (Å²) in [4.78, 5) is 6.77. The van der Waals surface area contributed by atoms with Gasteiger partial charge in [0.2, 0.25) is 0 Å². The van der Waals surface area contributed by atoms with Gasteiger partial charge in [0, 0.05) is 11.9 Å². The molecule has 0 saturated heterocycles. The molecule has 1 aliphatic rings. The van der Waals surface area contributed by atoms with Gasteiger partial charge in [0.15, 0.2) is 0 Å². The van der Waals surface area contributed by atoms with Crippen molar-refractivity contribution in [2.45, 2.75) is 12.8 Å². The summed E-state index contributed by atoms with van der Waals surface area (Å²) < 4.78 is 0. The number of hydrogen-bond acceptors (Lipinski definition) is 3. The lowest BCUT2D eigenvalue weighted by Gasteiger charge is -2.25. The van der Waals surface area contributed by atoms with Gasteiger partial charge in [-0.2, -0.15) is 0 Å². The van der Waals surface area contributed by atoms with Gasteiger partial charge in [-0.1, -0.05) is 24.3 Å². The van der Waals surface area contributed by atoms with Crippen LogP contribution in [0.2, 0.25) is 0 Å². The molecule has 2 aromatic carbocycles. The average Bonchev–Trinajstić information content (AvgIpc) is 2.42. The monoisotopic (exact) mass is 239 g/mol. The minimum atomic E-state index is 0.756. The molecule has 18 heavy (non-hydrogen) atoms. The van der Waals surface area contributed by atoms with Gasteiger partial charge in [0.25, 0.3) is 0 Å². The van der Waals surface area contributed by atoms with Crippen LogP contribution in [0.3, 0.4) is 0 Å². The molecule has 0 radical (unpaired) electrons. The number of unbranched alkanes of at least 4 members (excludes halogenated alkanes) is 1. The molecule has 2 aromatic rings. The summed E-state index contributed by atoms with van der Waals surface area (Å²) in [6.07, 6.45) is 4.09. The molecule has 0 atom stereocenters. The Bertz CT molecular complexity index is 584.